The average molecular weight is 549 g/mol. The van der Waals surface area contributed by atoms with Gasteiger partial charge in [0.05, 0.1) is 37.4 Å². The molecule has 0 aromatic heterocycles. The van der Waals surface area contributed by atoms with E-state index in [2.05, 4.69) is 0 Å². The van der Waals surface area contributed by atoms with Crippen LogP contribution in [0.4, 0.5) is 0 Å². The second-order valence-corrected chi connectivity index (χ2v) is 11.1. The molecule has 0 saturated carbocycles. The van der Waals surface area contributed by atoms with Crippen LogP contribution in [0.25, 0.3) is 0 Å². The molecule has 206 valence electrons. The van der Waals surface area contributed by atoms with Crippen LogP contribution in [-0.4, -0.2) is 47.7 Å². The monoisotopic (exact) mass is 548 g/mol. The van der Waals surface area contributed by atoms with Crippen molar-refractivity contribution < 1.29 is 28.8 Å². The van der Waals surface area contributed by atoms with Crippen molar-refractivity contribution in [3.63, 3.8) is 0 Å². The highest BCUT2D eigenvalue weighted by molar-refractivity contribution is 8.03. The van der Waals surface area contributed by atoms with Crippen LogP contribution >= 0.6 is 11.8 Å². The van der Waals surface area contributed by atoms with Crippen LogP contribution in [0.3, 0.4) is 0 Å². The topological polar surface area (TPSA) is 66.4 Å². The maximum absolute atomic E-state index is 10.4. The summed E-state index contributed by atoms with van der Waals surface area (Å²) in [6, 6.07) is 30.3. The molecule has 2 heterocycles. The van der Waals surface area contributed by atoms with Crippen LogP contribution in [0.1, 0.15) is 30.5 Å². The van der Waals surface area contributed by atoms with E-state index < -0.39 is 24.6 Å². The quantitative estimate of drug-likeness (QED) is 0.323. The minimum absolute atomic E-state index is 0.229. The number of hydrogen-bond donors (Lipinski definition) is 1. The standard InChI is InChI=1S/C32H36O6S/c1-22(33)30-23(2)37-32-31(39-30)29(36-20-26-16-10-5-11-17-26)28(35-19-25-14-8-4-9-15-25)27(38-32)21-34-18-24-12-6-3-7-13-24/h3-17,22,27-29,31-33H,18-21H2,1-2H3/t22?,27-,28-,29+,31+,32-/m1/s1. The molecule has 3 aromatic carbocycles. The molecule has 39 heavy (non-hydrogen) atoms. The van der Waals surface area contributed by atoms with Crippen LogP contribution in [0.5, 0.6) is 0 Å². The largest absolute Gasteiger partial charge is 0.467 e. The van der Waals surface area contributed by atoms with Gasteiger partial charge in [0.15, 0.2) is 0 Å². The molecule has 1 fully saturated rings. The first-order valence-corrected chi connectivity index (χ1v) is 14.3. The maximum Gasteiger partial charge on any atom is 0.214 e. The Morgan fingerprint density at radius 1 is 0.769 bits per heavy atom. The third-order valence-corrected chi connectivity index (χ3v) is 8.48. The lowest BCUT2D eigenvalue weighted by Crippen LogP contribution is -2.60. The number of aliphatic hydroxyl groups excluding tert-OH is 1. The Morgan fingerprint density at radius 3 is 1.82 bits per heavy atom. The lowest BCUT2D eigenvalue weighted by molar-refractivity contribution is -0.266. The molecule has 2 aliphatic rings. The molecular formula is C32H36O6S. The van der Waals surface area contributed by atoms with Gasteiger partial charge in [0.1, 0.15) is 29.3 Å². The van der Waals surface area contributed by atoms with Crippen molar-refractivity contribution >= 4 is 11.8 Å². The fraction of sp³-hybridized carbons (Fsp3) is 0.375. The van der Waals surface area contributed by atoms with Crippen LogP contribution in [0, 0.1) is 0 Å². The van der Waals surface area contributed by atoms with Gasteiger partial charge >= 0.3 is 0 Å². The van der Waals surface area contributed by atoms with E-state index in [1.54, 1.807) is 18.7 Å². The number of hydrogen-bond acceptors (Lipinski definition) is 7. The number of rotatable bonds is 11. The molecule has 0 bridgehead atoms. The summed E-state index contributed by atoms with van der Waals surface area (Å²) < 4.78 is 32.1. The normalized spacial score (nSPS) is 25.6. The predicted octanol–water partition coefficient (Wildman–Crippen LogP) is 5.84. The number of ether oxygens (including phenoxy) is 5. The van der Waals surface area contributed by atoms with E-state index in [0.717, 1.165) is 21.6 Å². The smallest absolute Gasteiger partial charge is 0.214 e. The van der Waals surface area contributed by atoms with E-state index in [1.165, 1.54) is 0 Å². The summed E-state index contributed by atoms with van der Waals surface area (Å²) in [6.45, 7) is 5.25. The molecular weight excluding hydrogens is 512 g/mol. The minimum Gasteiger partial charge on any atom is -0.467 e. The molecule has 0 aliphatic carbocycles. The summed E-state index contributed by atoms with van der Waals surface area (Å²) in [5, 5.41) is 10.2. The first kappa shape index (κ1) is 27.9. The second-order valence-electron chi connectivity index (χ2n) is 9.86. The summed E-state index contributed by atoms with van der Waals surface area (Å²) in [5.74, 6) is 0.672. The second kappa shape index (κ2) is 13.6. The molecule has 1 saturated heterocycles. The maximum atomic E-state index is 10.4. The zero-order valence-corrected chi connectivity index (χ0v) is 23.2. The number of allylic oxidation sites excluding steroid dienone is 1. The Hall–Kier alpha value is -2.65. The molecule has 6 atom stereocenters. The molecule has 7 heteroatoms. The van der Waals surface area contributed by atoms with Gasteiger partial charge in [-0.3, -0.25) is 0 Å². The van der Waals surface area contributed by atoms with Crippen molar-refractivity contribution in [3.05, 3.63) is 118 Å². The van der Waals surface area contributed by atoms with Crippen LogP contribution < -0.4 is 0 Å². The van der Waals surface area contributed by atoms with Crippen molar-refractivity contribution in [2.24, 2.45) is 0 Å². The van der Waals surface area contributed by atoms with Gasteiger partial charge in [-0.15, -0.1) is 11.8 Å². The lowest BCUT2D eigenvalue weighted by atomic mass is 10.00. The minimum atomic E-state index is -0.652. The third kappa shape index (κ3) is 7.31. The Morgan fingerprint density at radius 2 is 1.28 bits per heavy atom. The van der Waals surface area contributed by atoms with Gasteiger partial charge in [0.2, 0.25) is 6.29 Å². The Balaban J connectivity index is 1.40. The van der Waals surface area contributed by atoms with Crippen molar-refractivity contribution in [2.75, 3.05) is 6.61 Å². The van der Waals surface area contributed by atoms with Crippen molar-refractivity contribution in [1.29, 1.82) is 0 Å². The highest BCUT2D eigenvalue weighted by Crippen LogP contribution is 2.44. The molecule has 2 aliphatic heterocycles. The number of fused-ring (bicyclic) bond motifs is 1. The molecule has 5 rings (SSSR count). The fourth-order valence-electron chi connectivity index (χ4n) is 4.88. The first-order valence-electron chi connectivity index (χ1n) is 13.4. The molecule has 3 aromatic rings. The Bertz CT molecular complexity index is 1190. The van der Waals surface area contributed by atoms with Gasteiger partial charge in [-0.2, -0.15) is 0 Å². The molecule has 0 spiro atoms. The molecule has 1 unspecified atom stereocenters. The van der Waals surface area contributed by atoms with Crippen LogP contribution in [-0.2, 0) is 43.5 Å². The first-order chi connectivity index (χ1) is 19.1. The summed E-state index contributed by atoms with van der Waals surface area (Å²) in [4.78, 5) is 0.786. The number of aliphatic hydroxyl groups is 1. The molecule has 0 amide bonds. The van der Waals surface area contributed by atoms with Crippen molar-refractivity contribution in [3.8, 4) is 0 Å². The number of benzene rings is 3. The van der Waals surface area contributed by atoms with E-state index in [4.69, 9.17) is 23.7 Å². The van der Waals surface area contributed by atoms with E-state index >= 15 is 0 Å². The van der Waals surface area contributed by atoms with Gasteiger partial charge < -0.3 is 28.8 Å². The SMILES string of the molecule is CC1=C(C(C)O)S[C@@H]2[C@H](O1)O[C@H](COCc1ccccc1)[C@@H](OCc1ccccc1)[C@@H]2OCc1ccccc1. The zero-order valence-electron chi connectivity index (χ0n) is 22.3. The Kier molecular flexibility index (Phi) is 9.74. The molecule has 6 nitrogen and oxygen atoms in total. The van der Waals surface area contributed by atoms with Crippen LogP contribution in [0.15, 0.2) is 102 Å². The average Bonchev–Trinajstić information content (AvgIpc) is 2.96. The van der Waals surface area contributed by atoms with Gasteiger partial charge in [-0.25, -0.2) is 0 Å². The summed E-state index contributed by atoms with van der Waals surface area (Å²) in [6.07, 6.45) is -2.41. The highest BCUT2D eigenvalue weighted by Gasteiger charge is 2.51. The van der Waals surface area contributed by atoms with Crippen molar-refractivity contribution in [2.45, 2.75) is 69.6 Å². The van der Waals surface area contributed by atoms with Gasteiger partial charge in [0, 0.05) is 0 Å². The van der Waals surface area contributed by atoms with Gasteiger partial charge in [-0.1, -0.05) is 91.0 Å². The lowest BCUT2D eigenvalue weighted by Gasteiger charge is -2.48. The van der Waals surface area contributed by atoms with E-state index in [-0.39, 0.29) is 11.4 Å². The zero-order chi connectivity index (χ0) is 27.0. The van der Waals surface area contributed by atoms with E-state index in [0.29, 0.717) is 32.2 Å². The fourth-order valence-corrected chi connectivity index (χ4v) is 6.18. The highest BCUT2D eigenvalue weighted by atomic mass is 32.2. The Labute approximate surface area is 234 Å². The molecule has 0 radical (unpaired) electrons. The summed E-state index contributed by atoms with van der Waals surface area (Å²) >= 11 is 1.56. The van der Waals surface area contributed by atoms with E-state index in [9.17, 15) is 5.11 Å². The van der Waals surface area contributed by atoms with Crippen LogP contribution in [0.2, 0.25) is 0 Å². The van der Waals surface area contributed by atoms with Gasteiger partial charge in [-0.05, 0) is 30.5 Å². The summed E-state index contributed by atoms with van der Waals surface area (Å²) in [7, 11) is 0. The van der Waals surface area contributed by atoms with Gasteiger partial charge in [0.25, 0.3) is 0 Å². The number of thioether (sulfide) groups is 1. The predicted molar refractivity (Wildman–Crippen MR) is 152 cm³/mol. The van der Waals surface area contributed by atoms with E-state index in [1.807, 2.05) is 97.9 Å². The summed E-state index contributed by atoms with van der Waals surface area (Å²) in [5.41, 5.74) is 3.23. The third-order valence-electron chi connectivity index (χ3n) is 6.84. The van der Waals surface area contributed by atoms with Crippen molar-refractivity contribution in [1.82, 2.24) is 0 Å². The molecule has 1 N–H and O–H groups in total.